The van der Waals surface area contributed by atoms with E-state index in [0.717, 1.165) is 12.0 Å². The minimum absolute atomic E-state index is 0.174. The molecule has 1 atom stereocenters. The molecule has 1 aliphatic rings. The third-order valence-electron chi connectivity index (χ3n) is 3.71. The molecule has 0 spiro atoms. The standard InChI is InChI=1S/C14H19N3O5S/c15-23(21,22)9-12-2-1-7-17(12)14(20)16-8-10-3-5-11(6-4-10)13(18)19/h3-6,12H,1-2,7-9H2,(H,16,20)(H,18,19)(H2,15,21,22). The Balaban J connectivity index is 1.92. The van der Waals surface area contributed by atoms with Crippen LogP contribution >= 0.6 is 0 Å². The molecule has 2 amide bonds. The van der Waals surface area contributed by atoms with Gasteiger partial charge in [-0.05, 0) is 30.5 Å². The van der Waals surface area contributed by atoms with Crippen molar-refractivity contribution in [2.75, 3.05) is 12.3 Å². The maximum Gasteiger partial charge on any atom is 0.335 e. The summed E-state index contributed by atoms with van der Waals surface area (Å²) in [5.41, 5.74) is 0.929. The number of nitrogens with one attached hydrogen (secondary N) is 1. The molecule has 9 heteroatoms. The van der Waals surface area contributed by atoms with Crippen molar-refractivity contribution < 1.29 is 23.1 Å². The van der Waals surface area contributed by atoms with E-state index in [9.17, 15) is 18.0 Å². The van der Waals surface area contributed by atoms with E-state index in [2.05, 4.69) is 5.32 Å². The van der Waals surface area contributed by atoms with Gasteiger partial charge < -0.3 is 15.3 Å². The fraction of sp³-hybridized carbons (Fsp3) is 0.429. The Bertz CT molecular complexity index is 687. The van der Waals surface area contributed by atoms with E-state index in [-0.39, 0.29) is 23.9 Å². The number of carbonyl (C=O) groups is 2. The lowest BCUT2D eigenvalue weighted by atomic mass is 10.1. The number of primary sulfonamides is 1. The highest BCUT2D eigenvalue weighted by molar-refractivity contribution is 7.89. The monoisotopic (exact) mass is 341 g/mol. The molecule has 1 fully saturated rings. The second-order valence-electron chi connectivity index (χ2n) is 5.48. The number of nitrogens with two attached hydrogens (primary N) is 1. The van der Waals surface area contributed by atoms with Gasteiger partial charge in [0, 0.05) is 19.1 Å². The average molecular weight is 341 g/mol. The molecule has 8 nitrogen and oxygen atoms in total. The third-order valence-corrected chi connectivity index (χ3v) is 4.56. The van der Waals surface area contributed by atoms with Crippen LogP contribution < -0.4 is 10.5 Å². The highest BCUT2D eigenvalue weighted by Gasteiger charge is 2.31. The summed E-state index contributed by atoms with van der Waals surface area (Å²) >= 11 is 0. The Kier molecular flexibility index (Phi) is 5.22. The summed E-state index contributed by atoms with van der Waals surface area (Å²) in [6, 6.07) is 5.41. The topological polar surface area (TPSA) is 130 Å². The minimum atomic E-state index is -3.63. The molecule has 0 saturated carbocycles. The number of carboxylic acids is 1. The van der Waals surface area contributed by atoms with Gasteiger partial charge in [-0.15, -0.1) is 0 Å². The molecule has 2 rings (SSSR count). The number of benzene rings is 1. The van der Waals surface area contributed by atoms with E-state index >= 15 is 0 Å². The van der Waals surface area contributed by atoms with E-state index in [4.69, 9.17) is 10.2 Å². The van der Waals surface area contributed by atoms with Crippen molar-refractivity contribution in [3.05, 3.63) is 35.4 Å². The van der Waals surface area contributed by atoms with E-state index in [0.29, 0.717) is 13.0 Å². The Labute approximate surface area is 134 Å². The first kappa shape index (κ1) is 17.2. The Hall–Kier alpha value is -2.13. The molecule has 1 aromatic rings. The second-order valence-corrected chi connectivity index (χ2v) is 7.14. The molecular weight excluding hydrogens is 322 g/mol. The lowest BCUT2D eigenvalue weighted by Crippen LogP contribution is -2.45. The minimum Gasteiger partial charge on any atom is -0.478 e. The smallest absolute Gasteiger partial charge is 0.335 e. The first-order valence-electron chi connectivity index (χ1n) is 7.13. The summed E-state index contributed by atoms with van der Waals surface area (Å²) < 4.78 is 22.4. The number of likely N-dealkylation sites (tertiary alicyclic amines) is 1. The molecule has 23 heavy (non-hydrogen) atoms. The van der Waals surface area contributed by atoms with E-state index in [1.54, 1.807) is 12.1 Å². The Morgan fingerprint density at radius 2 is 1.96 bits per heavy atom. The normalized spacial score (nSPS) is 18.0. The molecule has 1 unspecified atom stereocenters. The number of hydrogen-bond acceptors (Lipinski definition) is 4. The van der Waals surface area contributed by atoms with Gasteiger partial charge in [-0.3, -0.25) is 0 Å². The van der Waals surface area contributed by atoms with Crippen LogP contribution in [0.4, 0.5) is 4.79 Å². The van der Waals surface area contributed by atoms with Crippen LogP contribution in [-0.4, -0.2) is 48.8 Å². The van der Waals surface area contributed by atoms with Gasteiger partial charge in [-0.1, -0.05) is 12.1 Å². The van der Waals surface area contributed by atoms with Crippen LogP contribution in [0, 0.1) is 0 Å². The van der Waals surface area contributed by atoms with Gasteiger partial charge in [-0.25, -0.2) is 23.1 Å². The summed E-state index contributed by atoms with van der Waals surface area (Å²) in [5, 5.41) is 16.6. The number of hydrogen-bond donors (Lipinski definition) is 3. The number of nitrogens with zero attached hydrogens (tertiary/aromatic N) is 1. The van der Waals surface area contributed by atoms with Gasteiger partial charge in [0.15, 0.2) is 0 Å². The maximum absolute atomic E-state index is 12.2. The molecule has 1 heterocycles. The molecule has 126 valence electrons. The van der Waals surface area contributed by atoms with Gasteiger partial charge in [-0.2, -0.15) is 0 Å². The number of carboxylic acid groups (broad SMARTS) is 1. The number of aromatic carboxylic acids is 1. The van der Waals surface area contributed by atoms with Crippen LogP contribution in [0.1, 0.15) is 28.8 Å². The first-order valence-corrected chi connectivity index (χ1v) is 8.85. The molecule has 1 saturated heterocycles. The summed E-state index contributed by atoms with van der Waals surface area (Å²) in [5.74, 6) is -1.25. The van der Waals surface area contributed by atoms with Crippen LogP contribution in [-0.2, 0) is 16.6 Å². The molecule has 0 radical (unpaired) electrons. The van der Waals surface area contributed by atoms with Gasteiger partial charge >= 0.3 is 12.0 Å². The lowest BCUT2D eigenvalue weighted by molar-refractivity contribution is 0.0696. The number of carbonyl (C=O) groups excluding carboxylic acids is 1. The maximum atomic E-state index is 12.2. The number of urea groups is 1. The zero-order valence-electron chi connectivity index (χ0n) is 12.4. The molecule has 0 aromatic heterocycles. The SMILES string of the molecule is NS(=O)(=O)CC1CCCN1C(=O)NCc1ccc(C(=O)O)cc1. The van der Waals surface area contributed by atoms with Crippen LogP contribution in [0.5, 0.6) is 0 Å². The van der Waals surface area contributed by atoms with E-state index in [1.165, 1.54) is 17.0 Å². The molecule has 4 N–H and O–H groups in total. The van der Waals surface area contributed by atoms with Crippen molar-refractivity contribution >= 4 is 22.0 Å². The van der Waals surface area contributed by atoms with Gasteiger partial charge in [0.1, 0.15) is 0 Å². The van der Waals surface area contributed by atoms with Gasteiger partial charge in [0.25, 0.3) is 0 Å². The van der Waals surface area contributed by atoms with Crippen molar-refractivity contribution in [3.8, 4) is 0 Å². The van der Waals surface area contributed by atoms with E-state index in [1.807, 2.05) is 0 Å². The molecular formula is C14H19N3O5S. The highest BCUT2D eigenvalue weighted by Crippen LogP contribution is 2.18. The highest BCUT2D eigenvalue weighted by atomic mass is 32.2. The molecule has 1 aliphatic heterocycles. The average Bonchev–Trinajstić information content (AvgIpc) is 2.91. The van der Waals surface area contributed by atoms with Crippen LogP contribution in [0.15, 0.2) is 24.3 Å². The Morgan fingerprint density at radius 1 is 1.30 bits per heavy atom. The van der Waals surface area contributed by atoms with Crippen molar-refractivity contribution in [1.82, 2.24) is 10.2 Å². The summed E-state index contributed by atoms with van der Waals surface area (Å²) in [6.45, 7) is 0.724. The Morgan fingerprint density at radius 3 is 2.52 bits per heavy atom. The van der Waals surface area contributed by atoms with Crippen LogP contribution in [0.3, 0.4) is 0 Å². The van der Waals surface area contributed by atoms with Crippen molar-refractivity contribution in [1.29, 1.82) is 0 Å². The van der Waals surface area contributed by atoms with E-state index < -0.39 is 22.0 Å². The molecule has 0 bridgehead atoms. The second kappa shape index (κ2) is 6.97. The molecule has 1 aromatic carbocycles. The number of amides is 2. The molecule has 0 aliphatic carbocycles. The predicted molar refractivity (Wildman–Crippen MR) is 83.3 cm³/mol. The van der Waals surface area contributed by atoms with Crippen molar-refractivity contribution in [2.24, 2.45) is 5.14 Å². The van der Waals surface area contributed by atoms with Crippen molar-refractivity contribution in [2.45, 2.75) is 25.4 Å². The summed E-state index contributed by atoms with van der Waals surface area (Å²) in [7, 11) is -3.63. The van der Waals surface area contributed by atoms with Crippen LogP contribution in [0.25, 0.3) is 0 Å². The lowest BCUT2D eigenvalue weighted by Gasteiger charge is -2.24. The zero-order chi connectivity index (χ0) is 17.0. The fourth-order valence-electron chi connectivity index (χ4n) is 2.59. The fourth-order valence-corrected chi connectivity index (χ4v) is 3.47. The third kappa shape index (κ3) is 4.93. The predicted octanol–water partition coefficient (Wildman–Crippen LogP) is 0.347. The number of rotatable bonds is 5. The number of sulfonamides is 1. The largest absolute Gasteiger partial charge is 0.478 e. The van der Waals surface area contributed by atoms with Gasteiger partial charge in [0.05, 0.1) is 11.3 Å². The van der Waals surface area contributed by atoms with Gasteiger partial charge in [0.2, 0.25) is 10.0 Å². The summed E-state index contributed by atoms with van der Waals surface area (Å²) in [4.78, 5) is 24.4. The van der Waals surface area contributed by atoms with Crippen molar-refractivity contribution in [3.63, 3.8) is 0 Å². The van der Waals surface area contributed by atoms with Crippen LogP contribution in [0.2, 0.25) is 0 Å². The summed E-state index contributed by atoms with van der Waals surface area (Å²) in [6.07, 6.45) is 1.35. The quantitative estimate of drug-likeness (QED) is 0.711. The zero-order valence-corrected chi connectivity index (χ0v) is 13.3. The first-order chi connectivity index (χ1) is 10.8.